The Morgan fingerprint density at radius 2 is 1.86 bits per heavy atom. The normalized spacial score (nSPS) is 13.8. The van der Waals surface area contributed by atoms with Gasteiger partial charge in [0.05, 0.1) is 19.8 Å². The molecule has 21 heavy (non-hydrogen) atoms. The Balaban J connectivity index is 1.95. The second-order valence-corrected chi connectivity index (χ2v) is 5.19. The summed E-state index contributed by atoms with van der Waals surface area (Å²) >= 11 is 0. The third kappa shape index (κ3) is 4.27. The third-order valence-corrected chi connectivity index (χ3v) is 3.77. The number of hydrogen-bond acceptors (Lipinski definition) is 4. The molecule has 0 unspecified atom stereocenters. The number of anilines is 1. The van der Waals surface area contributed by atoms with Gasteiger partial charge in [-0.15, -0.1) is 0 Å². The van der Waals surface area contributed by atoms with E-state index in [2.05, 4.69) is 11.0 Å². The molecule has 0 radical (unpaired) electrons. The molecule has 1 aromatic rings. The topological polar surface area (TPSA) is 42.0 Å². The van der Waals surface area contributed by atoms with Crippen molar-refractivity contribution in [2.24, 2.45) is 0 Å². The highest BCUT2D eigenvalue weighted by Gasteiger charge is 2.25. The fourth-order valence-corrected chi connectivity index (χ4v) is 2.58. The van der Waals surface area contributed by atoms with E-state index in [4.69, 9.17) is 9.47 Å². The number of methoxy groups -OCH3 is 2. The van der Waals surface area contributed by atoms with Crippen molar-refractivity contribution >= 4 is 11.6 Å². The van der Waals surface area contributed by atoms with Gasteiger partial charge in [0.15, 0.2) is 0 Å². The van der Waals surface area contributed by atoms with Crippen LogP contribution in [0.25, 0.3) is 0 Å². The quantitative estimate of drug-likeness (QED) is 0.721. The molecule has 0 N–H and O–H groups in total. The number of fused-ring (bicyclic) bond motifs is 1. The van der Waals surface area contributed by atoms with E-state index >= 15 is 0 Å². The number of ether oxygens (including phenoxy) is 2. The van der Waals surface area contributed by atoms with Gasteiger partial charge in [-0.2, -0.15) is 0 Å². The molecule has 1 aromatic carbocycles. The molecular weight excluding hydrogens is 268 g/mol. The minimum absolute atomic E-state index is 0.146. The summed E-state index contributed by atoms with van der Waals surface area (Å²) in [5.74, 6) is 0.146. The van der Waals surface area contributed by atoms with E-state index < -0.39 is 0 Å². The Labute approximate surface area is 126 Å². The summed E-state index contributed by atoms with van der Waals surface area (Å²) in [6.45, 7) is 3.89. The minimum atomic E-state index is 0.146. The van der Waals surface area contributed by atoms with Crippen molar-refractivity contribution in [3.8, 4) is 0 Å². The highest BCUT2D eigenvalue weighted by molar-refractivity contribution is 5.96. The summed E-state index contributed by atoms with van der Waals surface area (Å²) in [4.78, 5) is 16.5. The highest BCUT2D eigenvalue weighted by atomic mass is 16.5. The van der Waals surface area contributed by atoms with Crippen molar-refractivity contribution in [1.82, 2.24) is 4.90 Å². The van der Waals surface area contributed by atoms with Crippen LogP contribution in [-0.2, 0) is 20.7 Å². The molecule has 2 rings (SSSR count). The lowest BCUT2D eigenvalue weighted by Gasteiger charge is -2.24. The first kappa shape index (κ1) is 15.9. The van der Waals surface area contributed by atoms with Crippen LogP contribution in [0.4, 0.5) is 5.69 Å². The number of amides is 1. The lowest BCUT2D eigenvalue weighted by atomic mass is 10.2. The van der Waals surface area contributed by atoms with Crippen molar-refractivity contribution in [2.75, 3.05) is 58.5 Å². The molecule has 0 fully saturated rings. The number of rotatable bonds is 8. The zero-order chi connectivity index (χ0) is 15.1. The zero-order valence-electron chi connectivity index (χ0n) is 12.9. The summed E-state index contributed by atoms with van der Waals surface area (Å²) in [7, 11) is 3.35. The molecule has 1 heterocycles. The van der Waals surface area contributed by atoms with Crippen molar-refractivity contribution in [3.63, 3.8) is 0 Å². The van der Waals surface area contributed by atoms with Gasteiger partial charge in [0.2, 0.25) is 5.91 Å². The Morgan fingerprint density at radius 3 is 2.52 bits per heavy atom. The van der Waals surface area contributed by atoms with Crippen molar-refractivity contribution < 1.29 is 14.3 Å². The van der Waals surface area contributed by atoms with E-state index in [1.165, 1.54) is 5.56 Å². The molecule has 0 atom stereocenters. The van der Waals surface area contributed by atoms with Gasteiger partial charge in [0, 0.05) is 39.5 Å². The summed E-state index contributed by atoms with van der Waals surface area (Å²) < 4.78 is 10.2. The first-order chi connectivity index (χ1) is 10.3. The molecule has 5 heteroatoms. The number of para-hydroxylation sites is 1. The lowest BCUT2D eigenvalue weighted by molar-refractivity contribution is -0.119. The van der Waals surface area contributed by atoms with Crippen LogP contribution in [-0.4, -0.2) is 64.4 Å². The maximum absolute atomic E-state index is 12.5. The second kappa shape index (κ2) is 8.12. The van der Waals surface area contributed by atoms with Crippen molar-refractivity contribution in [3.05, 3.63) is 29.8 Å². The monoisotopic (exact) mass is 292 g/mol. The van der Waals surface area contributed by atoms with Gasteiger partial charge < -0.3 is 14.4 Å². The first-order valence-electron chi connectivity index (χ1n) is 7.34. The zero-order valence-corrected chi connectivity index (χ0v) is 12.9. The number of carbonyl (C=O) groups excluding carboxylic acids is 1. The van der Waals surface area contributed by atoms with Crippen LogP contribution in [0.3, 0.4) is 0 Å². The van der Waals surface area contributed by atoms with Crippen molar-refractivity contribution in [2.45, 2.75) is 6.42 Å². The smallest absolute Gasteiger partial charge is 0.241 e. The lowest BCUT2D eigenvalue weighted by Crippen LogP contribution is -2.42. The van der Waals surface area contributed by atoms with Crippen LogP contribution in [0.1, 0.15) is 5.56 Å². The van der Waals surface area contributed by atoms with E-state index in [0.717, 1.165) is 31.7 Å². The Kier molecular flexibility index (Phi) is 6.17. The average molecular weight is 292 g/mol. The van der Waals surface area contributed by atoms with Crippen LogP contribution < -0.4 is 4.90 Å². The highest BCUT2D eigenvalue weighted by Crippen LogP contribution is 2.27. The SMILES string of the molecule is COCCN(CCOC)CC(=O)N1CCc2ccccc21. The van der Waals surface area contributed by atoms with Crippen LogP contribution in [0.5, 0.6) is 0 Å². The number of nitrogens with zero attached hydrogens (tertiary/aromatic N) is 2. The van der Waals surface area contributed by atoms with Crippen LogP contribution in [0.15, 0.2) is 24.3 Å². The Hall–Kier alpha value is -1.43. The van der Waals surface area contributed by atoms with Gasteiger partial charge >= 0.3 is 0 Å². The molecule has 116 valence electrons. The average Bonchev–Trinajstić information content (AvgIpc) is 2.94. The standard InChI is InChI=1S/C16H24N2O3/c1-20-11-9-17(10-12-21-2)13-16(19)18-8-7-14-5-3-4-6-15(14)18/h3-6H,7-13H2,1-2H3. The molecule has 1 amide bonds. The fourth-order valence-electron chi connectivity index (χ4n) is 2.58. The summed E-state index contributed by atoms with van der Waals surface area (Å²) in [6.07, 6.45) is 0.943. The number of benzene rings is 1. The first-order valence-corrected chi connectivity index (χ1v) is 7.34. The van der Waals surface area contributed by atoms with E-state index in [1.807, 2.05) is 23.1 Å². The maximum atomic E-state index is 12.5. The minimum Gasteiger partial charge on any atom is -0.383 e. The molecule has 0 saturated carbocycles. The second-order valence-electron chi connectivity index (χ2n) is 5.19. The third-order valence-electron chi connectivity index (χ3n) is 3.77. The van der Waals surface area contributed by atoms with Gasteiger partial charge in [-0.25, -0.2) is 0 Å². The van der Waals surface area contributed by atoms with Crippen LogP contribution >= 0.6 is 0 Å². The molecule has 1 aliphatic heterocycles. The molecule has 5 nitrogen and oxygen atoms in total. The van der Waals surface area contributed by atoms with Gasteiger partial charge in [-0.3, -0.25) is 9.69 Å². The van der Waals surface area contributed by atoms with Crippen molar-refractivity contribution in [1.29, 1.82) is 0 Å². The summed E-state index contributed by atoms with van der Waals surface area (Å²) in [5.41, 5.74) is 2.31. The Bertz CT molecular complexity index is 457. The molecule has 1 aliphatic rings. The Morgan fingerprint density at radius 1 is 1.19 bits per heavy atom. The summed E-state index contributed by atoms with van der Waals surface area (Å²) in [5, 5.41) is 0. The van der Waals surface area contributed by atoms with E-state index in [0.29, 0.717) is 19.8 Å². The van der Waals surface area contributed by atoms with Crippen LogP contribution in [0, 0.1) is 0 Å². The van der Waals surface area contributed by atoms with E-state index in [-0.39, 0.29) is 5.91 Å². The molecule has 0 saturated heterocycles. The van der Waals surface area contributed by atoms with E-state index in [1.54, 1.807) is 14.2 Å². The van der Waals surface area contributed by atoms with Crippen LogP contribution in [0.2, 0.25) is 0 Å². The van der Waals surface area contributed by atoms with E-state index in [9.17, 15) is 4.79 Å². The molecular formula is C16H24N2O3. The largest absolute Gasteiger partial charge is 0.383 e. The molecule has 0 bridgehead atoms. The number of hydrogen-bond donors (Lipinski definition) is 0. The maximum Gasteiger partial charge on any atom is 0.241 e. The molecule has 0 spiro atoms. The molecule has 0 aliphatic carbocycles. The van der Waals surface area contributed by atoms with Gasteiger partial charge in [0.25, 0.3) is 0 Å². The summed E-state index contributed by atoms with van der Waals surface area (Å²) in [6, 6.07) is 8.12. The fraction of sp³-hybridized carbons (Fsp3) is 0.562. The number of carbonyl (C=O) groups is 1. The molecule has 0 aromatic heterocycles. The predicted octanol–water partition coefficient (Wildman–Crippen LogP) is 1.17. The van der Waals surface area contributed by atoms with Gasteiger partial charge in [-0.1, -0.05) is 18.2 Å². The van der Waals surface area contributed by atoms with Gasteiger partial charge in [0.1, 0.15) is 0 Å². The predicted molar refractivity (Wildman–Crippen MR) is 82.7 cm³/mol. The van der Waals surface area contributed by atoms with Gasteiger partial charge in [-0.05, 0) is 18.1 Å².